The van der Waals surface area contributed by atoms with Gasteiger partial charge in [-0.25, -0.2) is 4.98 Å². The Kier molecular flexibility index (Phi) is 2.94. The molecule has 2 aromatic heterocycles. The molecule has 4 rings (SSSR count). The van der Waals surface area contributed by atoms with Crippen LogP contribution in [0.1, 0.15) is 5.56 Å². The number of hydrogen-bond acceptors (Lipinski definition) is 3. The zero-order valence-electron chi connectivity index (χ0n) is 12.5. The van der Waals surface area contributed by atoms with E-state index >= 15 is 0 Å². The molecule has 0 spiro atoms. The van der Waals surface area contributed by atoms with E-state index in [1.807, 2.05) is 42.1 Å². The van der Waals surface area contributed by atoms with E-state index < -0.39 is 5.97 Å². The smallest absolute Gasteiger partial charge is 0.307 e. The largest absolute Gasteiger partial charge is 0.481 e. The number of benzene rings is 2. The fraction of sp³-hybridized carbons (Fsp3) is 0.111. The third-order valence-electron chi connectivity index (χ3n) is 3.94. The minimum absolute atomic E-state index is 0.0275. The molecular formula is C18H14N2O3. The highest BCUT2D eigenvalue weighted by atomic mass is 16.4. The number of para-hydroxylation sites is 1. The highest BCUT2D eigenvalue weighted by Crippen LogP contribution is 2.31. The Morgan fingerprint density at radius 2 is 2.09 bits per heavy atom. The molecule has 2 aromatic carbocycles. The number of aryl methyl sites for hydroxylation is 1. The van der Waals surface area contributed by atoms with Crippen molar-refractivity contribution in [2.45, 2.75) is 6.42 Å². The molecule has 2 heterocycles. The van der Waals surface area contributed by atoms with Gasteiger partial charge in [0.25, 0.3) is 0 Å². The van der Waals surface area contributed by atoms with Crippen molar-refractivity contribution in [3.05, 3.63) is 54.2 Å². The Morgan fingerprint density at radius 1 is 1.26 bits per heavy atom. The SMILES string of the molecule is Cn1cc(-c2nc3ccc(CC(=O)O)cc3o2)c2ccccc21. The summed E-state index contributed by atoms with van der Waals surface area (Å²) in [5.41, 5.74) is 4.06. The van der Waals surface area contributed by atoms with Crippen molar-refractivity contribution in [2.24, 2.45) is 7.05 Å². The Morgan fingerprint density at radius 3 is 2.91 bits per heavy atom. The van der Waals surface area contributed by atoms with Crippen molar-refractivity contribution in [1.29, 1.82) is 0 Å². The maximum absolute atomic E-state index is 10.8. The lowest BCUT2D eigenvalue weighted by Crippen LogP contribution is -1.99. The number of carboxylic acids is 1. The molecule has 5 nitrogen and oxygen atoms in total. The first-order chi connectivity index (χ1) is 11.1. The van der Waals surface area contributed by atoms with Crippen LogP contribution >= 0.6 is 0 Å². The number of rotatable bonds is 3. The lowest BCUT2D eigenvalue weighted by molar-refractivity contribution is -0.136. The first kappa shape index (κ1) is 13.6. The first-order valence-electron chi connectivity index (χ1n) is 7.27. The standard InChI is InChI=1S/C18H14N2O3/c1-20-10-13(12-4-2-3-5-15(12)20)18-19-14-7-6-11(9-17(21)22)8-16(14)23-18/h2-8,10H,9H2,1H3,(H,21,22). The minimum atomic E-state index is -0.863. The van der Waals surface area contributed by atoms with Gasteiger partial charge in [-0.05, 0) is 23.8 Å². The van der Waals surface area contributed by atoms with E-state index in [-0.39, 0.29) is 6.42 Å². The molecule has 0 saturated carbocycles. The van der Waals surface area contributed by atoms with Gasteiger partial charge in [0.2, 0.25) is 5.89 Å². The average Bonchev–Trinajstić information content (AvgIpc) is 3.08. The van der Waals surface area contributed by atoms with Crippen molar-refractivity contribution in [3.63, 3.8) is 0 Å². The summed E-state index contributed by atoms with van der Waals surface area (Å²) in [6.07, 6.45) is 1.97. The average molecular weight is 306 g/mol. The van der Waals surface area contributed by atoms with Gasteiger partial charge >= 0.3 is 5.97 Å². The Labute approximate surface area is 131 Å². The second kappa shape index (κ2) is 4.98. The Balaban J connectivity index is 1.86. The van der Waals surface area contributed by atoms with Crippen LogP contribution in [-0.4, -0.2) is 20.6 Å². The van der Waals surface area contributed by atoms with Crippen LogP contribution in [0.25, 0.3) is 33.5 Å². The molecule has 0 aliphatic heterocycles. The summed E-state index contributed by atoms with van der Waals surface area (Å²) >= 11 is 0. The van der Waals surface area contributed by atoms with Gasteiger partial charge in [-0.3, -0.25) is 4.79 Å². The maximum Gasteiger partial charge on any atom is 0.307 e. The second-order valence-corrected chi connectivity index (χ2v) is 5.56. The molecule has 0 fully saturated rings. The Hall–Kier alpha value is -3.08. The summed E-state index contributed by atoms with van der Waals surface area (Å²) < 4.78 is 7.92. The maximum atomic E-state index is 10.8. The molecule has 114 valence electrons. The summed E-state index contributed by atoms with van der Waals surface area (Å²) in [6, 6.07) is 13.4. The molecule has 1 N–H and O–H groups in total. The van der Waals surface area contributed by atoms with Crippen molar-refractivity contribution in [2.75, 3.05) is 0 Å². The molecule has 0 atom stereocenters. The number of carboxylic acid groups (broad SMARTS) is 1. The van der Waals surface area contributed by atoms with E-state index in [9.17, 15) is 4.79 Å². The summed E-state index contributed by atoms with van der Waals surface area (Å²) in [4.78, 5) is 15.4. The minimum Gasteiger partial charge on any atom is -0.481 e. The number of oxazole rings is 1. The van der Waals surface area contributed by atoms with E-state index in [0.717, 1.165) is 22.0 Å². The quantitative estimate of drug-likeness (QED) is 0.628. The van der Waals surface area contributed by atoms with Crippen molar-refractivity contribution in [3.8, 4) is 11.5 Å². The number of nitrogens with zero attached hydrogens (tertiary/aromatic N) is 2. The Bertz CT molecular complexity index is 1040. The van der Waals surface area contributed by atoms with Crippen molar-refractivity contribution in [1.82, 2.24) is 9.55 Å². The topological polar surface area (TPSA) is 68.3 Å². The lowest BCUT2D eigenvalue weighted by Gasteiger charge is -1.94. The third-order valence-corrected chi connectivity index (χ3v) is 3.94. The molecular weight excluding hydrogens is 292 g/mol. The van der Waals surface area contributed by atoms with Gasteiger partial charge < -0.3 is 14.1 Å². The zero-order valence-corrected chi connectivity index (χ0v) is 12.5. The molecule has 5 heteroatoms. The number of fused-ring (bicyclic) bond motifs is 2. The number of aliphatic carboxylic acids is 1. The predicted octanol–water partition coefficient (Wildman–Crippen LogP) is 3.61. The van der Waals surface area contributed by atoms with Gasteiger partial charge in [-0.15, -0.1) is 0 Å². The normalized spacial score (nSPS) is 11.3. The van der Waals surface area contributed by atoms with Crippen LogP contribution < -0.4 is 0 Å². The molecule has 0 saturated heterocycles. The number of carbonyl (C=O) groups is 1. The van der Waals surface area contributed by atoms with Crippen molar-refractivity contribution < 1.29 is 14.3 Å². The number of aromatic nitrogens is 2. The van der Waals surface area contributed by atoms with E-state index in [1.165, 1.54) is 0 Å². The van der Waals surface area contributed by atoms with Gasteiger partial charge in [-0.1, -0.05) is 24.3 Å². The molecule has 0 bridgehead atoms. The highest BCUT2D eigenvalue weighted by Gasteiger charge is 2.14. The molecule has 0 radical (unpaired) electrons. The third kappa shape index (κ3) is 2.26. The fourth-order valence-corrected chi connectivity index (χ4v) is 2.88. The monoisotopic (exact) mass is 306 g/mol. The molecule has 23 heavy (non-hydrogen) atoms. The first-order valence-corrected chi connectivity index (χ1v) is 7.27. The summed E-state index contributed by atoms with van der Waals surface area (Å²) in [5, 5.41) is 9.97. The van der Waals surface area contributed by atoms with E-state index in [2.05, 4.69) is 4.98 Å². The second-order valence-electron chi connectivity index (χ2n) is 5.56. The van der Waals surface area contributed by atoms with Crippen LogP contribution in [0.15, 0.2) is 53.1 Å². The van der Waals surface area contributed by atoms with Crippen LogP contribution in [-0.2, 0) is 18.3 Å². The summed E-state index contributed by atoms with van der Waals surface area (Å²) in [6.45, 7) is 0. The molecule has 0 aliphatic carbocycles. The van der Waals surface area contributed by atoms with E-state index in [1.54, 1.807) is 18.2 Å². The molecule has 4 aromatic rings. The van der Waals surface area contributed by atoms with Gasteiger partial charge in [0.05, 0.1) is 12.0 Å². The molecule has 0 amide bonds. The van der Waals surface area contributed by atoms with E-state index in [0.29, 0.717) is 17.0 Å². The van der Waals surface area contributed by atoms with Crippen LogP contribution in [0.5, 0.6) is 0 Å². The van der Waals surface area contributed by atoms with Gasteiger partial charge in [-0.2, -0.15) is 0 Å². The molecule has 0 unspecified atom stereocenters. The fourth-order valence-electron chi connectivity index (χ4n) is 2.88. The van der Waals surface area contributed by atoms with Crippen LogP contribution in [0.2, 0.25) is 0 Å². The van der Waals surface area contributed by atoms with Gasteiger partial charge in [0.1, 0.15) is 5.52 Å². The highest BCUT2D eigenvalue weighted by molar-refractivity contribution is 5.95. The lowest BCUT2D eigenvalue weighted by atomic mass is 10.1. The molecule has 0 aliphatic rings. The number of hydrogen-bond donors (Lipinski definition) is 1. The summed E-state index contributed by atoms with van der Waals surface area (Å²) in [7, 11) is 1.99. The van der Waals surface area contributed by atoms with Gasteiger partial charge in [0.15, 0.2) is 5.58 Å². The van der Waals surface area contributed by atoms with Crippen LogP contribution in [0, 0.1) is 0 Å². The predicted molar refractivity (Wildman–Crippen MR) is 87.3 cm³/mol. The van der Waals surface area contributed by atoms with Crippen molar-refractivity contribution >= 4 is 28.0 Å². The summed E-state index contributed by atoms with van der Waals surface area (Å²) in [5.74, 6) is -0.317. The zero-order chi connectivity index (χ0) is 16.0. The van der Waals surface area contributed by atoms with Gasteiger partial charge in [0, 0.05) is 24.1 Å². The van der Waals surface area contributed by atoms with E-state index in [4.69, 9.17) is 9.52 Å². The van der Waals surface area contributed by atoms with Crippen LogP contribution in [0.4, 0.5) is 0 Å². The van der Waals surface area contributed by atoms with Crippen LogP contribution in [0.3, 0.4) is 0 Å².